The van der Waals surface area contributed by atoms with Gasteiger partial charge in [0, 0.05) is 14.1 Å². The van der Waals surface area contributed by atoms with Gasteiger partial charge in [0.25, 0.3) is 5.91 Å². The quantitative estimate of drug-likeness (QED) is 0.627. The summed E-state index contributed by atoms with van der Waals surface area (Å²) in [6.07, 6.45) is 0. The maximum absolute atomic E-state index is 11.9. The van der Waals surface area contributed by atoms with Crippen molar-refractivity contribution in [1.82, 2.24) is 4.67 Å². The van der Waals surface area contributed by atoms with Gasteiger partial charge in [0.05, 0.1) is 11.3 Å². The van der Waals surface area contributed by atoms with E-state index in [9.17, 15) is 4.79 Å². The van der Waals surface area contributed by atoms with E-state index in [4.69, 9.17) is 5.26 Å². The van der Waals surface area contributed by atoms with Gasteiger partial charge in [-0.05, 0) is 12.1 Å². The normalized spacial score (nSPS) is 19.8. The van der Waals surface area contributed by atoms with Crippen molar-refractivity contribution in [3.8, 4) is 5.81 Å². The van der Waals surface area contributed by atoms with E-state index < -0.39 is 8.22 Å². The van der Waals surface area contributed by atoms with Gasteiger partial charge >= 0.3 is 0 Å². The van der Waals surface area contributed by atoms with Gasteiger partial charge in [-0.1, -0.05) is 12.1 Å². The van der Waals surface area contributed by atoms with Crippen LogP contribution in [0.4, 0.5) is 5.69 Å². The van der Waals surface area contributed by atoms with Crippen LogP contribution >= 0.6 is 8.22 Å². The van der Waals surface area contributed by atoms with Crippen LogP contribution in [0.5, 0.6) is 0 Å². The van der Waals surface area contributed by atoms with Crippen molar-refractivity contribution in [2.24, 2.45) is 0 Å². The molecule has 1 heterocycles. The Morgan fingerprint density at radius 2 is 1.93 bits per heavy atom. The van der Waals surface area contributed by atoms with E-state index >= 15 is 0 Å². The molecule has 0 bridgehead atoms. The van der Waals surface area contributed by atoms with Gasteiger partial charge in [0.1, 0.15) is 5.81 Å². The zero-order valence-electron chi connectivity index (χ0n) is 8.51. The SMILES string of the molecule is CN1C(=O)c2ccccc2N(C)P1C#N. The van der Waals surface area contributed by atoms with E-state index in [1.807, 2.05) is 29.9 Å². The van der Waals surface area contributed by atoms with Crippen molar-refractivity contribution in [1.29, 1.82) is 5.26 Å². The van der Waals surface area contributed by atoms with E-state index in [2.05, 4.69) is 5.81 Å². The molecule has 1 unspecified atom stereocenters. The number of nitrogens with zero attached hydrogens (tertiary/aromatic N) is 3. The number of anilines is 1. The van der Waals surface area contributed by atoms with Crippen LogP contribution in [0, 0.1) is 11.1 Å². The second-order valence-corrected chi connectivity index (χ2v) is 5.24. The van der Waals surface area contributed by atoms with Gasteiger partial charge in [0.2, 0.25) is 8.22 Å². The molecule has 0 radical (unpaired) electrons. The van der Waals surface area contributed by atoms with Crippen molar-refractivity contribution >= 4 is 19.8 Å². The number of carbonyl (C=O) groups excluding carboxylic acids is 1. The molecule has 0 aliphatic carbocycles. The highest BCUT2D eigenvalue weighted by Crippen LogP contribution is 2.49. The number of carbonyl (C=O) groups is 1. The van der Waals surface area contributed by atoms with Crippen LogP contribution in [0.3, 0.4) is 0 Å². The molecule has 1 aromatic carbocycles. The van der Waals surface area contributed by atoms with Crippen LogP contribution in [0.2, 0.25) is 0 Å². The van der Waals surface area contributed by atoms with Crippen molar-refractivity contribution in [2.45, 2.75) is 0 Å². The first-order chi connectivity index (χ1) is 7.16. The zero-order chi connectivity index (χ0) is 11.0. The molecule has 1 atom stereocenters. The summed E-state index contributed by atoms with van der Waals surface area (Å²) in [6, 6.07) is 7.36. The van der Waals surface area contributed by atoms with E-state index in [0.717, 1.165) is 5.69 Å². The highest BCUT2D eigenvalue weighted by molar-refractivity contribution is 7.62. The maximum Gasteiger partial charge on any atom is 0.260 e. The second-order valence-electron chi connectivity index (χ2n) is 3.26. The summed E-state index contributed by atoms with van der Waals surface area (Å²) in [6.45, 7) is 0. The molecule has 0 N–H and O–H groups in total. The summed E-state index contributed by atoms with van der Waals surface area (Å²) in [7, 11) is 2.32. The smallest absolute Gasteiger partial charge is 0.260 e. The van der Waals surface area contributed by atoms with Gasteiger partial charge in [-0.2, -0.15) is 5.26 Å². The first-order valence-corrected chi connectivity index (χ1v) is 5.72. The number of rotatable bonds is 0. The van der Waals surface area contributed by atoms with Crippen LogP contribution in [0.1, 0.15) is 10.4 Å². The third-order valence-corrected chi connectivity index (χ3v) is 4.15. The lowest BCUT2D eigenvalue weighted by atomic mass is 10.1. The molecule has 1 amide bonds. The average Bonchev–Trinajstić information content (AvgIpc) is 2.27. The highest BCUT2D eigenvalue weighted by atomic mass is 31.1. The van der Waals surface area contributed by atoms with Crippen molar-refractivity contribution in [2.75, 3.05) is 18.8 Å². The summed E-state index contributed by atoms with van der Waals surface area (Å²) in [4.78, 5) is 11.9. The average molecular weight is 219 g/mol. The fraction of sp³-hybridized carbons (Fsp3) is 0.200. The van der Waals surface area contributed by atoms with Crippen molar-refractivity contribution in [3.05, 3.63) is 29.8 Å². The number of hydrogen-bond acceptors (Lipinski definition) is 3. The lowest BCUT2D eigenvalue weighted by Gasteiger charge is -2.36. The van der Waals surface area contributed by atoms with Crippen LogP contribution in [0.25, 0.3) is 0 Å². The largest absolute Gasteiger partial charge is 0.325 e. The zero-order valence-corrected chi connectivity index (χ0v) is 9.40. The Balaban J connectivity index is 2.58. The summed E-state index contributed by atoms with van der Waals surface area (Å²) >= 11 is 0. The standard InChI is InChI=1S/C10H10N3OP/c1-12-9-6-4-3-5-8(9)10(14)13(2)15(12)7-11/h3-6H,1-2H3. The first-order valence-electron chi connectivity index (χ1n) is 4.47. The van der Waals surface area contributed by atoms with Crippen LogP contribution in [0.15, 0.2) is 24.3 Å². The van der Waals surface area contributed by atoms with Crippen LogP contribution in [-0.4, -0.2) is 24.7 Å². The Bertz CT molecular complexity index is 454. The molecular formula is C10H10N3OP. The maximum atomic E-state index is 11.9. The molecule has 1 aromatic rings. The predicted molar refractivity (Wildman–Crippen MR) is 59.5 cm³/mol. The molecule has 0 aromatic heterocycles. The number of para-hydroxylation sites is 1. The molecule has 0 saturated heterocycles. The lowest BCUT2D eigenvalue weighted by molar-refractivity contribution is 0.0884. The number of hydrogen-bond donors (Lipinski definition) is 0. The molecule has 1 aliphatic heterocycles. The molecule has 0 spiro atoms. The molecule has 76 valence electrons. The highest BCUT2D eigenvalue weighted by Gasteiger charge is 2.33. The summed E-state index contributed by atoms with van der Waals surface area (Å²) in [5.74, 6) is 2.10. The third kappa shape index (κ3) is 1.36. The molecular weight excluding hydrogens is 209 g/mol. The van der Waals surface area contributed by atoms with Crippen molar-refractivity contribution < 1.29 is 4.79 Å². The van der Waals surface area contributed by atoms with E-state index in [-0.39, 0.29) is 5.91 Å². The number of amides is 1. The summed E-state index contributed by atoms with van der Waals surface area (Å²) in [5.41, 5.74) is 1.50. The van der Waals surface area contributed by atoms with Gasteiger partial charge in [0.15, 0.2) is 0 Å². The Morgan fingerprint density at radius 1 is 1.27 bits per heavy atom. The van der Waals surface area contributed by atoms with Gasteiger partial charge < -0.3 is 4.67 Å². The molecule has 4 nitrogen and oxygen atoms in total. The third-order valence-electron chi connectivity index (χ3n) is 2.43. The number of fused-ring (bicyclic) bond motifs is 1. The van der Waals surface area contributed by atoms with Crippen molar-refractivity contribution in [3.63, 3.8) is 0 Å². The molecule has 0 saturated carbocycles. The topological polar surface area (TPSA) is 47.3 Å². The van der Waals surface area contributed by atoms with E-state index in [0.29, 0.717) is 5.56 Å². The molecule has 5 heteroatoms. The number of nitriles is 1. The summed E-state index contributed by atoms with van der Waals surface area (Å²) in [5, 5.41) is 9.02. The lowest BCUT2D eigenvalue weighted by Crippen LogP contribution is -2.34. The fourth-order valence-electron chi connectivity index (χ4n) is 1.63. The second kappa shape index (κ2) is 3.52. The minimum atomic E-state index is -1.20. The Morgan fingerprint density at radius 3 is 2.60 bits per heavy atom. The van der Waals surface area contributed by atoms with Crippen LogP contribution in [-0.2, 0) is 0 Å². The van der Waals surface area contributed by atoms with E-state index in [1.165, 1.54) is 4.67 Å². The molecule has 1 aliphatic rings. The Kier molecular flexibility index (Phi) is 2.34. The number of benzene rings is 1. The summed E-state index contributed by atoms with van der Waals surface area (Å²) < 4.78 is 3.38. The van der Waals surface area contributed by atoms with E-state index in [1.54, 1.807) is 13.1 Å². The van der Waals surface area contributed by atoms with Gasteiger partial charge in [-0.25, -0.2) is 0 Å². The monoisotopic (exact) mass is 219 g/mol. The van der Waals surface area contributed by atoms with Gasteiger partial charge in [-0.3, -0.25) is 9.46 Å². The Hall–Kier alpha value is -1.59. The minimum Gasteiger partial charge on any atom is -0.325 e. The first kappa shape index (κ1) is 9.95. The van der Waals surface area contributed by atoms with Gasteiger partial charge in [-0.15, -0.1) is 0 Å². The fourth-order valence-corrected chi connectivity index (χ4v) is 2.96. The predicted octanol–water partition coefficient (Wildman–Crippen LogP) is 2.00. The molecule has 15 heavy (non-hydrogen) atoms. The molecule has 2 rings (SSSR count). The van der Waals surface area contributed by atoms with Crippen LogP contribution < -0.4 is 4.67 Å². The minimum absolute atomic E-state index is 0.0728. The molecule has 0 fully saturated rings. The Labute approximate surface area is 89.6 Å².